The third kappa shape index (κ3) is 3.63. The van der Waals surface area contributed by atoms with Gasteiger partial charge in [0, 0.05) is 11.3 Å². The van der Waals surface area contributed by atoms with Gasteiger partial charge in [0.15, 0.2) is 0 Å². The van der Waals surface area contributed by atoms with E-state index in [0.717, 1.165) is 12.3 Å². The molecule has 0 amide bonds. The summed E-state index contributed by atoms with van der Waals surface area (Å²) >= 11 is 1.30. The van der Waals surface area contributed by atoms with Crippen LogP contribution in [-0.2, 0) is 4.79 Å². The Morgan fingerprint density at radius 3 is 2.81 bits per heavy atom. The smallest absolute Gasteiger partial charge is 0.143 e. The van der Waals surface area contributed by atoms with Crippen LogP contribution in [0.25, 0.3) is 0 Å². The molecule has 0 atom stereocenters. The molecule has 2 rings (SSSR count). The molecule has 1 fully saturated rings. The molecule has 0 heterocycles. The number of halogens is 1. The van der Waals surface area contributed by atoms with Crippen molar-refractivity contribution in [3.8, 4) is 0 Å². The minimum atomic E-state index is -0.234. The van der Waals surface area contributed by atoms with Crippen LogP contribution in [0.5, 0.6) is 0 Å². The van der Waals surface area contributed by atoms with E-state index in [1.807, 2.05) is 0 Å². The molecular formula is C13H15FOS. The molecule has 0 saturated heterocycles. The molecular weight excluding hydrogens is 223 g/mol. The second kappa shape index (κ2) is 5.48. The summed E-state index contributed by atoms with van der Waals surface area (Å²) in [7, 11) is 0. The van der Waals surface area contributed by atoms with Gasteiger partial charge in [-0.15, -0.1) is 11.8 Å². The van der Waals surface area contributed by atoms with Gasteiger partial charge in [0.05, 0.1) is 5.75 Å². The van der Waals surface area contributed by atoms with Crippen molar-refractivity contribution in [3.05, 3.63) is 30.1 Å². The van der Waals surface area contributed by atoms with Crippen molar-refractivity contribution < 1.29 is 9.18 Å². The number of carbonyl (C=O) groups excluding carboxylic acids is 1. The fraction of sp³-hybridized carbons (Fsp3) is 0.462. The van der Waals surface area contributed by atoms with Crippen LogP contribution in [0.2, 0.25) is 0 Å². The molecule has 16 heavy (non-hydrogen) atoms. The third-order valence-corrected chi connectivity index (χ3v) is 3.86. The molecule has 0 aromatic heterocycles. The van der Waals surface area contributed by atoms with E-state index in [1.165, 1.54) is 30.7 Å². The normalized spacial score (nSPS) is 15.1. The minimum absolute atomic E-state index is 0.234. The van der Waals surface area contributed by atoms with Gasteiger partial charge in [-0.1, -0.05) is 25.0 Å². The second-order valence-electron chi connectivity index (χ2n) is 4.24. The molecule has 86 valence electrons. The van der Waals surface area contributed by atoms with Gasteiger partial charge in [0.2, 0.25) is 0 Å². The summed E-state index contributed by atoms with van der Waals surface area (Å²) < 4.78 is 13.2. The predicted octanol–water partition coefficient (Wildman–Crippen LogP) is 3.68. The van der Waals surface area contributed by atoms with Crippen molar-refractivity contribution in [3.63, 3.8) is 0 Å². The van der Waals surface area contributed by atoms with Crippen molar-refractivity contribution in [1.29, 1.82) is 0 Å². The first-order valence-electron chi connectivity index (χ1n) is 5.65. The van der Waals surface area contributed by atoms with Crippen molar-refractivity contribution >= 4 is 17.5 Å². The Bertz CT molecular complexity index is 374. The van der Waals surface area contributed by atoms with Crippen LogP contribution in [0, 0.1) is 11.7 Å². The maximum atomic E-state index is 13.2. The lowest BCUT2D eigenvalue weighted by Gasteiger charge is -2.02. The van der Waals surface area contributed by atoms with E-state index in [-0.39, 0.29) is 11.6 Å². The number of benzene rings is 1. The lowest BCUT2D eigenvalue weighted by atomic mass is 10.2. The highest BCUT2D eigenvalue weighted by Gasteiger charge is 2.21. The zero-order valence-electron chi connectivity index (χ0n) is 9.12. The van der Waals surface area contributed by atoms with E-state index in [4.69, 9.17) is 0 Å². The first-order valence-corrected chi connectivity index (χ1v) is 6.63. The number of ketones is 1. The molecule has 1 aliphatic carbocycles. The maximum absolute atomic E-state index is 13.2. The Hall–Kier alpha value is -0.830. The fourth-order valence-electron chi connectivity index (χ4n) is 1.56. The van der Waals surface area contributed by atoms with E-state index in [0.29, 0.717) is 17.1 Å². The topological polar surface area (TPSA) is 17.1 Å². The van der Waals surface area contributed by atoms with Crippen molar-refractivity contribution in [2.75, 3.05) is 5.75 Å². The summed E-state index contributed by atoms with van der Waals surface area (Å²) in [5.41, 5.74) is 0. The summed E-state index contributed by atoms with van der Waals surface area (Å²) in [4.78, 5) is 12.1. The first-order chi connectivity index (χ1) is 7.75. The van der Waals surface area contributed by atoms with Gasteiger partial charge in [0.1, 0.15) is 11.6 Å². The number of Topliss-reactive ketones (excluding diaryl/α,β-unsaturated/α-hetero) is 1. The van der Waals surface area contributed by atoms with E-state index in [2.05, 4.69) is 0 Å². The molecule has 1 aliphatic rings. The molecule has 1 aromatic carbocycles. The van der Waals surface area contributed by atoms with Crippen molar-refractivity contribution in [2.45, 2.75) is 30.6 Å². The van der Waals surface area contributed by atoms with E-state index >= 15 is 0 Å². The molecule has 1 nitrogen and oxygen atoms in total. The summed E-state index contributed by atoms with van der Waals surface area (Å²) in [6.45, 7) is 0. The number of hydrogen-bond acceptors (Lipinski definition) is 2. The Labute approximate surface area is 99.4 Å². The Kier molecular flexibility index (Phi) is 3.99. The summed E-state index contributed by atoms with van der Waals surface area (Å²) in [6, 6.07) is 6.60. The first kappa shape index (κ1) is 11.6. The molecule has 0 aliphatic heterocycles. The fourth-order valence-corrected chi connectivity index (χ4v) is 2.41. The highest BCUT2D eigenvalue weighted by molar-refractivity contribution is 8.00. The van der Waals surface area contributed by atoms with E-state index in [9.17, 15) is 9.18 Å². The van der Waals surface area contributed by atoms with Crippen molar-refractivity contribution in [2.24, 2.45) is 5.92 Å². The molecule has 0 unspecified atom stereocenters. The predicted molar refractivity (Wildman–Crippen MR) is 64.1 cm³/mol. The number of rotatable bonds is 6. The zero-order chi connectivity index (χ0) is 11.4. The van der Waals surface area contributed by atoms with Gasteiger partial charge in [0.25, 0.3) is 0 Å². The maximum Gasteiger partial charge on any atom is 0.143 e. The van der Waals surface area contributed by atoms with Gasteiger partial charge in [-0.2, -0.15) is 0 Å². The van der Waals surface area contributed by atoms with Crippen molar-refractivity contribution in [1.82, 2.24) is 0 Å². The highest BCUT2D eigenvalue weighted by Crippen LogP contribution is 2.33. The Morgan fingerprint density at radius 1 is 1.38 bits per heavy atom. The van der Waals surface area contributed by atoms with Crippen LogP contribution in [0.3, 0.4) is 0 Å². The Morgan fingerprint density at radius 2 is 2.12 bits per heavy atom. The van der Waals surface area contributed by atoms with Gasteiger partial charge in [-0.25, -0.2) is 4.39 Å². The quantitative estimate of drug-likeness (QED) is 0.703. The Balaban J connectivity index is 1.73. The van der Waals surface area contributed by atoms with E-state index < -0.39 is 0 Å². The van der Waals surface area contributed by atoms with Gasteiger partial charge in [-0.3, -0.25) is 4.79 Å². The molecule has 1 aromatic rings. The number of carbonyl (C=O) groups is 1. The van der Waals surface area contributed by atoms with Gasteiger partial charge >= 0.3 is 0 Å². The summed E-state index contributed by atoms with van der Waals surface area (Å²) in [5.74, 6) is 1.19. The average molecular weight is 238 g/mol. The zero-order valence-corrected chi connectivity index (χ0v) is 9.93. The molecule has 0 bridgehead atoms. The monoisotopic (exact) mass is 238 g/mol. The standard InChI is InChI=1S/C13H15FOS/c14-12-3-1-2-4-13(12)16-9-11(15)8-7-10-5-6-10/h1-4,10H,5-9H2. The van der Waals surface area contributed by atoms with Gasteiger partial charge in [-0.05, 0) is 24.5 Å². The second-order valence-corrected chi connectivity index (χ2v) is 5.26. The molecule has 0 radical (unpaired) electrons. The third-order valence-electron chi connectivity index (χ3n) is 2.75. The molecule has 0 N–H and O–H groups in total. The molecule has 3 heteroatoms. The SMILES string of the molecule is O=C(CCC1CC1)CSc1ccccc1F. The largest absolute Gasteiger partial charge is 0.299 e. The van der Waals surface area contributed by atoms with Crippen LogP contribution in [0.15, 0.2) is 29.2 Å². The molecule has 0 spiro atoms. The van der Waals surface area contributed by atoms with Crippen LogP contribution in [0.1, 0.15) is 25.7 Å². The molecule has 1 saturated carbocycles. The highest BCUT2D eigenvalue weighted by atomic mass is 32.2. The summed E-state index contributed by atoms with van der Waals surface area (Å²) in [6.07, 6.45) is 4.25. The van der Waals surface area contributed by atoms with E-state index in [1.54, 1.807) is 18.2 Å². The average Bonchev–Trinajstić information content (AvgIpc) is 3.09. The van der Waals surface area contributed by atoms with Crippen LogP contribution >= 0.6 is 11.8 Å². The lowest BCUT2D eigenvalue weighted by molar-refractivity contribution is -0.116. The van der Waals surface area contributed by atoms with Crippen LogP contribution in [-0.4, -0.2) is 11.5 Å². The minimum Gasteiger partial charge on any atom is -0.299 e. The van der Waals surface area contributed by atoms with Crippen LogP contribution in [0.4, 0.5) is 4.39 Å². The summed E-state index contributed by atoms with van der Waals surface area (Å²) in [5, 5.41) is 0. The number of hydrogen-bond donors (Lipinski definition) is 0. The number of thioether (sulfide) groups is 1. The van der Waals surface area contributed by atoms with Gasteiger partial charge < -0.3 is 0 Å². The van der Waals surface area contributed by atoms with Crippen LogP contribution < -0.4 is 0 Å². The lowest BCUT2D eigenvalue weighted by Crippen LogP contribution is -2.01.